The number of hydrogen-bond acceptors (Lipinski definition) is 4. The zero-order valence-corrected chi connectivity index (χ0v) is 16.1. The number of benzene rings is 1. The van der Waals surface area contributed by atoms with Crippen LogP contribution in [0.5, 0.6) is 0 Å². The van der Waals surface area contributed by atoms with Gasteiger partial charge in [-0.2, -0.15) is 0 Å². The van der Waals surface area contributed by atoms with Crippen LogP contribution in [0.3, 0.4) is 0 Å². The van der Waals surface area contributed by atoms with Crippen molar-refractivity contribution in [3.63, 3.8) is 0 Å². The Bertz CT molecular complexity index is 756. The van der Waals surface area contributed by atoms with Gasteiger partial charge >= 0.3 is 6.03 Å². The maximum atomic E-state index is 12.2. The minimum absolute atomic E-state index is 0.0199. The first kappa shape index (κ1) is 20.2. The first-order valence-corrected chi connectivity index (χ1v) is 10.8. The summed E-state index contributed by atoms with van der Waals surface area (Å²) >= 11 is 0. The lowest BCUT2D eigenvalue weighted by atomic mass is 10.1. The number of amides is 3. The van der Waals surface area contributed by atoms with E-state index in [1.807, 2.05) is 13.0 Å². The molecule has 8 heteroatoms. The van der Waals surface area contributed by atoms with Gasteiger partial charge in [0.1, 0.15) is 0 Å². The lowest BCUT2D eigenvalue weighted by molar-refractivity contribution is -0.119. The number of hydrogen-bond donors (Lipinski definition) is 3. The molecule has 0 saturated heterocycles. The molecule has 3 amide bonds. The maximum absolute atomic E-state index is 12.2. The Balaban J connectivity index is 1.91. The van der Waals surface area contributed by atoms with Crippen LogP contribution in [0.1, 0.15) is 38.2 Å². The average Bonchev–Trinajstić information content (AvgIpc) is 3.12. The summed E-state index contributed by atoms with van der Waals surface area (Å²) in [4.78, 5) is 24.2. The Kier molecular flexibility index (Phi) is 7.02. The molecule has 0 unspecified atom stereocenters. The first-order chi connectivity index (χ1) is 12.3. The number of aryl methyl sites for hydroxylation is 1. The molecule has 0 aromatic heterocycles. The number of urea groups is 1. The Hall–Kier alpha value is -2.09. The van der Waals surface area contributed by atoms with Gasteiger partial charge in [0, 0.05) is 29.6 Å². The van der Waals surface area contributed by atoms with Gasteiger partial charge in [-0.1, -0.05) is 25.8 Å². The predicted octanol–water partition coefficient (Wildman–Crippen LogP) is 2.68. The second-order valence-corrected chi connectivity index (χ2v) is 9.09. The molecule has 1 saturated carbocycles. The van der Waals surface area contributed by atoms with Gasteiger partial charge in [0.05, 0.1) is 5.75 Å². The van der Waals surface area contributed by atoms with E-state index in [0.717, 1.165) is 31.2 Å². The van der Waals surface area contributed by atoms with Crippen molar-refractivity contribution in [2.75, 3.05) is 28.7 Å². The van der Waals surface area contributed by atoms with E-state index in [1.54, 1.807) is 19.1 Å². The van der Waals surface area contributed by atoms with Gasteiger partial charge in [-0.3, -0.25) is 4.79 Å². The minimum atomic E-state index is -3.11. The Labute approximate surface area is 154 Å². The van der Waals surface area contributed by atoms with Gasteiger partial charge in [0.25, 0.3) is 0 Å². The smallest absolute Gasteiger partial charge is 0.319 e. The third kappa shape index (κ3) is 6.01. The summed E-state index contributed by atoms with van der Waals surface area (Å²) in [6.45, 7) is 3.48. The summed E-state index contributed by atoms with van der Waals surface area (Å²) in [7, 11) is -3.11. The van der Waals surface area contributed by atoms with Crippen LogP contribution in [0.2, 0.25) is 0 Å². The second kappa shape index (κ2) is 9.02. The molecule has 1 aliphatic rings. The van der Waals surface area contributed by atoms with Crippen LogP contribution in [0, 0.1) is 12.8 Å². The van der Waals surface area contributed by atoms with Crippen LogP contribution < -0.4 is 16.0 Å². The number of anilines is 2. The Morgan fingerprint density at radius 2 is 1.85 bits per heavy atom. The molecular weight excluding hydrogens is 354 g/mol. The quantitative estimate of drug-likeness (QED) is 0.675. The summed E-state index contributed by atoms with van der Waals surface area (Å²) < 4.78 is 22.9. The lowest BCUT2D eigenvalue weighted by Crippen LogP contribution is -2.33. The summed E-state index contributed by atoms with van der Waals surface area (Å²) in [5.74, 6) is 0.0500. The summed E-state index contributed by atoms with van der Waals surface area (Å²) in [5.41, 5.74) is 2.06. The van der Waals surface area contributed by atoms with Crippen LogP contribution in [-0.2, 0) is 14.6 Å². The van der Waals surface area contributed by atoms with E-state index in [0.29, 0.717) is 11.4 Å². The molecule has 1 fully saturated rings. The normalized spacial score (nSPS) is 14.8. The number of nitrogens with one attached hydrogen (secondary N) is 3. The molecule has 0 atom stereocenters. The predicted molar refractivity (Wildman–Crippen MR) is 103 cm³/mol. The van der Waals surface area contributed by atoms with Gasteiger partial charge in [-0.05, 0) is 37.5 Å². The number of sulfone groups is 1. The highest BCUT2D eigenvalue weighted by molar-refractivity contribution is 7.91. The Morgan fingerprint density at radius 3 is 2.50 bits per heavy atom. The van der Waals surface area contributed by atoms with E-state index < -0.39 is 15.9 Å². The standard InChI is InChI=1S/C18H27N3O4S/c1-3-26(24,25)11-10-19-18(23)21-16-12-15(9-8-13(16)2)20-17(22)14-6-4-5-7-14/h8-9,12,14H,3-7,10-11H2,1-2H3,(H,20,22)(H2,19,21,23). The van der Waals surface area contributed by atoms with E-state index in [1.165, 1.54) is 0 Å². The zero-order valence-electron chi connectivity index (χ0n) is 15.3. The molecule has 0 heterocycles. The largest absolute Gasteiger partial charge is 0.337 e. The fraction of sp³-hybridized carbons (Fsp3) is 0.556. The Morgan fingerprint density at radius 1 is 1.15 bits per heavy atom. The molecule has 0 bridgehead atoms. The summed E-state index contributed by atoms with van der Waals surface area (Å²) in [6.07, 6.45) is 4.02. The SMILES string of the molecule is CCS(=O)(=O)CCNC(=O)Nc1cc(NC(=O)C2CCCC2)ccc1C. The van der Waals surface area contributed by atoms with Crippen LogP contribution in [-0.4, -0.2) is 38.4 Å². The zero-order chi connectivity index (χ0) is 19.2. The summed E-state index contributed by atoms with van der Waals surface area (Å²) in [5, 5.41) is 8.14. The van der Waals surface area contributed by atoms with E-state index >= 15 is 0 Å². The minimum Gasteiger partial charge on any atom is -0.337 e. The van der Waals surface area contributed by atoms with Gasteiger partial charge in [-0.25, -0.2) is 13.2 Å². The average molecular weight is 381 g/mol. The number of carbonyl (C=O) groups is 2. The van der Waals surface area contributed by atoms with Crippen molar-refractivity contribution < 1.29 is 18.0 Å². The van der Waals surface area contributed by atoms with Crippen molar-refractivity contribution in [1.82, 2.24) is 5.32 Å². The third-order valence-corrected chi connectivity index (χ3v) is 6.32. The van der Waals surface area contributed by atoms with E-state index in [2.05, 4.69) is 16.0 Å². The van der Waals surface area contributed by atoms with E-state index in [4.69, 9.17) is 0 Å². The highest BCUT2D eigenvalue weighted by atomic mass is 32.2. The molecule has 7 nitrogen and oxygen atoms in total. The number of carbonyl (C=O) groups excluding carboxylic acids is 2. The van der Waals surface area contributed by atoms with Gasteiger partial charge in [0.15, 0.2) is 9.84 Å². The van der Waals surface area contributed by atoms with Gasteiger partial charge < -0.3 is 16.0 Å². The third-order valence-electron chi connectivity index (χ3n) is 4.62. The fourth-order valence-electron chi connectivity index (χ4n) is 2.90. The topological polar surface area (TPSA) is 104 Å². The van der Waals surface area contributed by atoms with Crippen molar-refractivity contribution in [2.45, 2.75) is 39.5 Å². The van der Waals surface area contributed by atoms with Crippen molar-refractivity contribution in [2.24, 2.45) is 5.92 Å². The van der Waals surface area contributed by atoms with Crippen molar-refractivity contribution in [1.29, 1.82) is 0 Å². The molecule has 1 aromatic carbocycles. The van der Waals surface area contributed by atoms with Crippen LogP contribution in [0.25, 0.3) is 0 Å². The van der Waals surface area contributed by atoms with Crippen molar-refractivity contribution >= 4 is 33.2 Å². The van der Waals surface area contributed by atoms with Crippen molar-refractivity contribution in [3.8, 4) is 0 Å². The molecule has 2 rings (SSSR count). The van der Waals surface area contributed by atoms with Gasteiger partial charge in [0.2, 0.25) is 5.91 Å². The molecule has 1 aliphatic carbocycles. The molecular formula is C18H27N3O4S. The van der Waals surface area contributed by atoms with E-state index in [9.17, 15) is 18.0 Å². The fourth-order valence-corrected chi connectivity index (χ4v) is 3.60. The molecule has 144 valence electrons. The second-order valence-electron chi connectivity index (χ2n) is 6.62. The van der Waals surface area contributed by atoms with Crippen molar-refractivity contribution in [3.05, 3.63) is 23.8 Å². The highest BCUT2D eigenvalue weighted by Crippen LogP contribution is 2.27. The highest BCUT2D eigenvalue weighted by Gasteiger charge is 2.22. The maximum Gasteiger partial charge on any atom is 0.319 e. The van der Waals surface area contributed by atoms with Crippen LogP contribution >= 0.6 is 0 Å². The molecule has 0 aliphatic heterocycles. The van der Waals surface area contributed by atoms with E-state index in [-0.39, 0.29) is 29.9 Å². The molecule has 1 aromatic rings. The van der Waals surface area contributed by atoms with Crippen LogP contribution in [0.4, 0.5) is 16.2 Å². The lowest BCUT2D eigenvalue weighted by Gasteiger charge is -2.14. The van der Waals surface area contributed by atoms with Crippen LogP contribution in [0.15, 0.2) is 18.2 Å². The molecule has 26 heavy (non-hydrogen) atoms. The number of rotatable bonds is 7. The summed E-state index contributed by atoms with van der Waals surface area (Å²) in [6, 6.07) is 4.86. The molecule has 0 radical (unpaired) electrons. The molecule has 0 spiro atoms. The first-order valence-electron chi connectivity index (χ1n) is 8.97. The monoisotopic (exact) mass is 381 g/mol. The van der Waals surface area contributed by atoms with Gasteiger partial charge in [-0.15, -0.1) is 0 Å². The molecule has 3 N–H and O–H groups in total.